The maximum absolute atomic E-state index is 12.0. The Labute approximate surface area is 196 Å². The first-order valence-corrected chi connectivity index (χ1v) is 10.1. The third kappa shape index (κ3) is 8.22. The van der Waals surface area contributed by atoms with Crippen LogP contribution in [0.15, 0.2) is 47.5 Å². The van der Waals surface area contributed by atoms with Crippen LogP contribution in [0, 0.1) is 6.92 Å². The highest BCUT2D eigenvalue weighted by molar-refractivity contribution is 14.0. The predicted molar refractivity (Wildman–Crippen MR) is 134 cm³/mol. The van der Waals surface area contributed by atoms with Crippen LogP contribution in [0.4, 0.5) is 0 Å². The van der Waals surface area contributed by atoms with Crippen molar-refractivity contribution in [1.82, 2.24) is 16.0 Å². The lowest BCUT2D eigenvalue weighted by molar-refractivity contribution is 0.0955. The van der Waals surface area contributed by atoms with Gasteiger partial charge in [-0.2, -0.15) is 0 Å². The summed E-state index contributed by atoms with van der Waals surface area (Å²) in [5.41, 5.74) is 4.00. The van der Waals surface area contributed by atoms with Crippen LogP contribution in [-0.2, 0) is 13.0 Å². The lowest BCUT2D eigenvalue weighted by atomic mass is 10.1. The van der Waals surface area contributed by atoms with E-state index in [-0.39, 0.29) is 29.9 Å². The van der Waals surface area contributed by atoms with E-state index in [1.165, 1.54) is 5.56 Å². The number of carbonyl (C=O) groups excluding carboxylic acids is 1. The van der Waals surface area contributed by atoms with Crippen LogP contribution >= 0.6 is 24.0 Å². The second-order valence-electron chi connectivity index (χ2n) is 6.74. The minimum atomic E-state index is -0.0584. The molecule has 2 aromatic carbocycles. The SMILES string of the molecule is CCNC(=O)c1cccc(CN=C(NCC)NCCc2ccc(C)c(OC)c2)c1.I. The average Bonchev–Trinajstić information content (AvgIpc) is 2.73. The van der Waals surface area contributed by atoms with Crippen molar-refractivity contribution in [2.75, 3.05) is 26.7 Å². The lowest BCUT2D eigenvalue weighted by Crippen LogP contribution is -2.38. The lowest BCUT2D eigenvalue weighted by Gasteiger charge is -2.12. The number of aliphatic imine (C=N–C) groups is 1. The summed E-state index contributed by atoms with van der Waals surface area (Å²) >= 11 is 0. The van der Waals surface area contributed by atoms with Gasteiger partial charge in [0.15, 0.2) is 5.96 Å². The van der Waals surface area contributed by atoms with Crippen molar-refractivity contribution in [2.45, 2.75) is 33.7 Å². The Balaban J connectivity index is 0.00000450. The molecule has 0 fully saturated rings. The molecule has 164 valence electrons. The van der Waals surface area contributed by atoms with Gasteiger partial charge in [-0.15, -0.1) is 24.0 Å². The van der Waals surface area contributed by atoms with Gasteiger partial charge < -0.3 is 20.7 Å². The van der Waals surface area contributed by atoms with Crippen LogP contribution in [0.25, 0.3) is 0 Å². The summed E-state index contributed by atoms with van der Waals surface area (Å²) in [6, 6.07) is 13.8. The van der Waals surface area contributed by atoms with Crippen LogP contribution in [-0.4, -0.2) is 38.6 Å². The molecule has 30 heavy (non-hydrogen) atoms. The second kappa shape index (κ2) is 13.8. The number of hydrogen-bond donors (Lipinski definition) is 3. The molecule has 3 N–H and O–H groups in total. The number of methoxy groups -OCH3 is 1. The largest absolute Gasteiger partial charge is 0.496 e. The molecule has 0 saturated carbocycles. The molecule has 0 radical (unpaired) electrons. The number of hydrogen-bond acceptors (Lipinski definition) is 3. The Bertz CT molecular complexity index is 840. The summed E-state index contributed by atoms with van der Waals surface area (Å²) in [6.07, 6.45) is 0.869. The molecule has 0 aliphatic heterocycles. The molecular weight excluding hydrogens is 491 g/mol. The van der Waals surface area contributed by atoms with Gasteiger partial charge in [0.1, 0.15) is 5.75 Å². The molecule has 2 aromatic rings. The molecule has 0 saturated heterocycles. The van der Waals surface area contributed by atoms with E-state index in [4.69, 9.17) is 4.74 Å². The molecule has 1 amide bonds. The van der Waals surface area contributed by atoms with Crippen molar-refractivity contribution in [3.8, 4) is 5.75 Å². The maximum atomic E-state index is 12.0. The first-order chi connectivity index (χ1) is 14.1. The van der Waals surface area contributed by atoms with Gasteiger partial charge in [-0.3, -0.25) is 4.79 Å². The fourth-order valence-electron chi connectivity index (χ4n) is 2.93. The molecule has 6 nitrogen and oxygen atoms in total. The van der Waals surface area contributed by atoms with E-state index in [1.807, 2.05) is 45.0 Å². The van der Waals surface area contributed by atoms with Gasteiger partial charge in [-0.05, 0) is 62.1 Å². The van der Waals surface area contributed by atoms with E-state index in [9.17, 15) is 4.79 Å². The van der Waals surface area contributed by atoms with Gasteiger partial charge in [0.05, 0.1) is 13.7 Å². The Hall–Kier alpha value is -2.29. The fourth-order valence-corrected chi connectivity index (χ4v) is 2.93. The van der Waals surface area contributed by atoms with Gasteiger partial charge in [0.25, 0.3) is 5.91 Å². The molecule has 0 aliphatic carbocycles. The highest BCUT2D eigenvalue weighted by Gasteiger charge is 2.05. The van der Waals surface area contributed by atoms with Crippen molar-refractivity contribution in [3.63, 3.8) is 0 Å². The summed E-state index contributed by atoms with van der Waals surface area (Å²) in [5, 5.41) is 9.45. The number of halogens is 1. The summed E-state index contributed by atoms with van der Waals surface area (Å²) in [6.45, 7) is 8.64. The van der Waals surface area contributed by atoms with Crippen molar-refractivity contribution in [1.29, 1.82) is 0 Å². The Morgan fingerprint density at radius 3 is 2.47 bits per heavy atom. The number of guanidine groups is 1. The number of aryl methyl sites for hydroxylation is 1. The molecule has 0 atom stereocenters. The van der Waals surface area contributed by atoms with Crippen molar-refractivity contribution >= 4 is 35.8 Å². The van der Waals surface area contributed by atoms with Crippen molar-refractivity contribution in [3.05, 3.63) is 64.7 Å². The van der Waals surface area contributed by atoms with Crippen LogP contribution < -0.4 is 20.7 Å². The van der Waals surface area contributed by atoms with E-state index in [0.29, 0.717) is 18.7 Å². The van der Waals surface area contributed by atoms with E-state index >= 15 is 0 Å². The Kier molecular flexibility index (Phi) is 11.9. The summed E-state index contributed by atoms with van der Waals surface area (Å²) < 4.78 is 5.40. The highest BCUT2D eigenvalue weighted by atomic mass is 127. The van der Waals surface area contributed by atoms with E-state index in [1.54, 1.807) is 7.11 Å². The number of nitrogens with zero attached hydrogens (tertiary/aromatic N) is 1. The Morgan fingerprint density at radius 2 is 1.77 bits per heavy atom. The van der Waals surface area contributed by atoms with E-state index in [2.05, 4.69) is 39.1 Å². The molecule has 0 unspecified atom stereocenters. The minimum absolute atomic E-state index is 0. The quantitative estimate of drug-likeness (QED) is 0.266. The summed E-state index contributed by atoms with van der Waals surface area (Å²) in [5.74, 6) is 1.61. The van der Waals surface area contributed by atoms with Crippen LogP contribution in [0.1, 0.15) is 40.9 Å². The molecule has 0 aromatic heterocycles. The van der Waals surface area contributed by atoms with E-state index < -0.39 is 0 Å². The minimum Gasteiger partial charge on any atom is -0.496 e. The van der Waals surface area contributed by atoms with Gasteiger partial charge in [-0.25, -0.2) is 4.99 Å². The molecule has 0 heterocycles. The summed E-state index contributed by atoms with van der Waals surface area (Å²) in [4.78, 5) is 16.6. The number of ether oxygens (including phenoxy) is 1. The third-order valence-corrected chi connectivity index (χ3v) is 4.47. The predicted octanol–water partition coefficient (Wildman–Crippen LogP) is 3.67. The monoisotopic (exact) mass is 524 g/mol. The maximum Gasteiger partial charge on any atom is 0.251 e. The molecule has 0 aliphatic rings. The molecule has 0 bridgehead atoms. The van der Waals surface area contributed by atoms with Gasteiger partial charge in [0.2, 0.25) is 0 Å². The van der Waals surface area contributed by atoms with Gasteiger partial charge in [-0.1, -0.05) is 24.3 Å². The van der Waals surface area contributed by atoms with Crippen LogP contribution in [0.5, 0.6) is 5.75 Å². The van der Waals surface area contributed by atoms with Crippen LogP contribution in [0.2, 0.25) is 0 Å². The topological polar surface area (TPSA) is 74.8 Å². The zero-order chi connectivity index (χ0) is 21.1. The first-order valence-electron chi connectivity index (χ1n) is 10.1. The fraction of sp³-hybridized carbons (Fsp3) is 0.391. The van der Waals surface area contributed by atoms with Gasteiger partial charge >= 0.3 is 0 Å². The summed E-state index contributed by atoms with van der Waals surface area (Å²) in [7, 11) is 1.70. The molecule has 2 rings (SSSR count). The zero-order valence-corrected chi connectivity index (χ0v) is 20.6. The number of carbonyl (C=O) groups is 1. The van der Waals surface area contributed by atoms with E-state index in [0.717, 1.165) is 42.3 Å². The Morgan fingerprint density at radius 1 is 1.00 bits per heavy atom. The van der Waals surface area contributed by atoms with Crippen molar-refractivity contribution in [2.24, 2.45) is 4.99 Å². The number of benzene rings is 2. The third-order valence-electron chi connectivity index (χ3n) is 4.47. The normalized spacial score (nSPS) is 10.7. The molecule has 7 heteroatoms. The number of nitrogens with one attached hydrogen (secondary N) is 3. The second-order valence-corrected chi connectivity index (χ2v) is 6.74. The van der Waals surface area contributed by atoms with Gasteiger partial charge in [0, 0.05) is 25.2 Å². The van der Waals surface area contributed by atoms with Crippen molar-refractivity contribution < 1.29 is 9.53 Å². The molecule has 0 spiro atoms. The first kappa shape index (κ1) is 25.7. The number of amides is 1. The standard InChI is InChI=1S/C23H32N4O2.HI/c1-5-24-22(28)20-9-7-8-19(14-20)16-27-23(25-6-2)26-13-12-18-11-10-17(3)21(15-18)29-4;/h7-11,14-15H,5-6,12-13,16H2,1-4H3,(H,24,28)(H2,25,26,27);1H. The number of rotatable bonds is 9. The average molecular weight is 524 g/mol. The molecular formula is C23H33IN4O2. The zero-order valence-electron chi connectivity index (χ0n) is 18.2. The van der Waals surface area contributed by atoms with Crippen LogP contribution in [0.3, 0.4) is 0 Å². The highest BCUT2D eigenvalue weighted by Crippen LogP contribution is 2.19. The smallest absolute Gasteiger partial charge is 0.251 e.